The monoisotopic (exact) mass is 483 g/mol. The zero-order chi connectivity index (χ0) is 21.4. The summed E-state index contributed by atoms with van der Waals surface area (Å²) in [5.74, 6) is -0.344. The van der Waals surface area contributed by atoms with E-state index in [1.807, 2.05) is 44.2 Å². The maximum Gasteiger partial charge on any atom is 0.329 e. The molecule has 3 amide bonds. The predicted molar refractivity (Wildman–Crippen MR) is 121 cm³/mol. The van der Waals surface area contributed by atoms with Gasteiger partial charge >= 0.3 is 6.03 Å². The summed E-state index contributed by atoms with van der Waals surface area (Å²) in [7, 11) is 0. The third-order valence-corrected chi connectivity index (χ3v) is 5.85. The smallest absolute Gasteiger partial charge is 0.318 e. The van der Waals surface area contributed by atoms with Gasteiger partial charge in [0.25, 0.3) is 5.91 Å². The molecule has 7 heteroatoms. The second-order valence-corrected chi connectivity index (χ2v) is 8.50. The summed E-state index contributed by atoms with van der Waals surface area (Å²) < 4.78 is 3.13. The molecule has 0 spiro atoms. The van der Waals surface area contributed by atoms with Crippen molar-refractivity contribution in [1.82, 2.24) is 14.8 Å². The van der Waals surface area contributed by atoms with Crippen LogP contribution in [0.15, 0.2) is 64.8 Å². The quantitative estimate of drug-likeness (QED) is 0.387. The first kappa shape index (κ1) is 20.4. The molecule has 0 bridgehead atoms. The topological polar surface area (TPSA) is 54.3 Å². The lowest BCUT2D eigenvalue weighted by molar-refractivity contribution is -0.123. The Morgan fingerprint density at radius 1 is 1.03 bits per heavy atom. The van der Waals surface area contributed by atoms with E-state index in [-0.39, 0.29) is 18.1 Å². The molecule has 4 rings (SSSR count). The number of urea groups is 1. The molecule has 30 heavy (non-hydrogen) atoms. The van der Waals surface area contributed by atoms with Crippen LogP contribution in [0.2, 0.25) is 5.02 Å². The summed E-state index contributed by atoms with van der Waals surface area (Å²) in [5.41, 5.74) is 5.04. The van der Waals surface area contributed by atoms with Crippen LogP contribution >= 0.6 is 27.5 Å². The molecule has 1 N–H and O–H groups in total. The molecule has 0 radical (unpaired) electrons. The van der Waals surface area contributed by atoms with Crippen LogP contribution in [0.3, 0.4) is 0 Å². The Morgan fingerprint density at radius 3 is 2.37 bits per heavy atom. The highest BCUT2D eigenvalue weighted by molar-refractivity contribution is 9.10. The van der Waals surface area contributed by atoms with E-state index in [4.69, 9.17) is 11.6 Å². The minimum atomic E-state index is -0.428. The highest BCUT2D eigenvalue weighted by Crippen LogP contribution is 2.25. The number of hydrogen-bond acceptors (Lipinski definition) is 2. The molecule has 1 aromatic heterocycles. The van der Waals surface area contributed by atoms with E-state index in [1.54, 1.807) is 30.3 Å². The predicted octanol–water partition coefficient (Wildman–Crippen LogP) is 5.60. The molecule has 5 nitrogen and oxygen atoms in total. The number of imide groups is 1. The van der Waals surface area contributed by atoms with E-state index in [9.17, 15) is 9.59 Å². The van der Waals surface area contributed by atoms with E-state index in [0.29, 0.717) is 5.02 Å². The van der Waals surface area contributed by atoms with Gasteiger partial charge in [-0.1, -0.05) is 39.7 Å². The van der Waals surface area contributed by atoms with Crippen LogP contribution in [0, 0.1) is 13.8 Å². The van der Waals surface area contributed by atoms with E-state index in [0.717, 1.165) is 32.7 Å². The molecule has 0 saturated carbocycles. The summed E-state index contributed by atoms with van der Waals surface area (Å²) in [6.45, 7) is 4.20. The van der Waals surface area contributed by atoms with E-state index < -0.39 is 6.03 Å². The van der Waals surface area contributed by atoms with Gasteiger partial charge in [-0.25, -0.2) is 4.79 Å². The summed E-state index contributed by atoms with van der Waals surface area (Å²) in [4.78, 5) is 26.4. The highest BCUT2D eigenvalue weighted by atomic mass is 79.9. The van der Waals surface area contributed by atoms with Crippen LogP contribution < -0.4 is 5.32 Å². The molecule has 0 unspecified atom stereocenters. The maximum absolute atomic E-state index is 12.8. The molecule has 1 saturated heterocycles. The van der Waals surface area contributed by atoms with Gasteiger partial charge in [0.2, 0.25) is 0 Å². The second kappa shape index (κ2) is 8.13. The van der Waals surface area contributed by atoms with Crippen molar-refractivity contribution in [2.45, 2.75) is 20.4 Å². The number of benzene rings is 2. The first-order valence-electron chi connectivity index (χ1n) is 9.37. The van der Waals surface area contributed by atoms with Gasteiger partial charge in [0.15, 0.2) is 0 Å². The van der Waals surface area contributed by atoms with Crippen molar-refractivity contribution in [2.75, 3.05) is 0 Å². The lowest BCUT2D eigenvalue weighted by Gasteiger charge is -2.11. The SMILES string of the molecule is Cc1cc(/C=C2\NC(=O)N(Cc3ccc(Cl)cc3)C2=O)c(C)n1-c1ccc(Br)cc1. The van der Waals surface area contributed by atoms with Crippen molar-refractivity contribution in [3.63, 3.8) is 0 Å². The summed E-state index contributed by atoms with van der Waals surface area (Å²) in [6, 6.07) is 16.7. The Kier molecular flexibility index (Phi) is 5.54. The largest absolute Gasteiger partial charge is 0.329 e. The summed E-state index contributed by atoms with van der Waals surface area (Å²) >= 11 is 9.36. The van der Waals surface area contributed by atoms with Gasteiger partial charge in [0, 0.05) is 26.6 Å². The Morgan fingerprint density at radius 2 is 1.70 bits per heavy atom. The molecule has 0 atom stereocenters. The number of carbonyl (C=O) groups excluding carboxylic acids is 2. The highest BCUT2D eigenvalue weighted by Gasteiger charge is 2.33. The average Bonchev–Trinajstić information content (AvgIpc) is 3.14. The number of amides is 3. The minimum Gasteiger partial charge on any atom is -0.318 e. The Labute approximate surface area is 188 Å². The van der Waals surface area contributed by atoms with Gasteiger partial charge < -0.3 is 9.88 Å². The van der Waals surface area contributed by atoms with Crippen molar-refractivity contribution in [3.05, 3.63) is 92.3 Å². The van der Waals surface area contributed by atoms with Gasteiger partial charge in [-0.15, -0.1) is 0 Å². The number of aromatic nitrogens is 1. The Hall–Kier alpha value is -2.83. The molecule has 1 aliphatic heterocycles. The normalized spacial score (nSPS) is 15.2. The zero-order valence-corrected chi connectivity index (χ0v) is 18.8. The third kappa shape index (κ3) is 3.93. The molecule has 2 heterocycles. The van der Waals surface area contributed by atoms with Crippen molar-refractivity contribution in [2.24, 2.45) is 0 Å². The number of aryl methyl sites for hydroxylation is 1. The van der Waals surface area contributed by atoms with Gasteiger partial charge in [-0.05, 0) is 73.5 Å². The van der Waals surface area contributed by atoms with Crippen LogP contribution in [-0.2, 0) is 11.3 Å². The van der Waals surface area contributed by atoms with E-state index >= 15 is 0 Å². The number of rotatable bonds is 4. The van der Waals surface area contributed by atoms with Crippen LogP contribution in [-0.4, -0.2) is 21.4 Å². The molecular formula is C23H19BrClN3O2. The number of halogens is 2. The first-order chi connectivity index (χ1) is 14.3. The van der Waals surface area contributed by atoms with Gasteiger partial charge in [0.05, 0.1) is 6.54 Å². The van der Waals surface area contributed by atoms with Gasteiger partial charge in [0.1, 0.15) is 5.70 Å². The minimum absolute atomic E-state index is 0.192. The number of carbonyl (C=O) groups is 2. The molecule has 152 valence electrons. The molecule has 3 aromatic rings. The van der Waals surface area contributed by atoms with Gasteiger partial charge in [-0.2, -0.15) is 0 Å². The fourth-order valence-corrected chi connectivity index (χ4v) is 3.95. The fourth-order valence-electron chi connectivity index (χ4n) is 3.56. The van der Waals surface area contributed by atoms with Crippen molar-refractivity contribution in [3.8, 4) is 5.69 Å². The van der Waals surface area contributed by atoms with Crippen molar-refractivity contribution >= 4 is 45.5 Å². The molecule has 2 aromatic carbocycles. The van der Waals surface area contributed by atoms with Crippen molar-refractivity contribution in [1.29, 1.82) is 0 Å². The Balaban J connectivity index is 1.61. The fraction of sp³-hybridized carbons (Fsp3) is 0.130. The first-order valence-corrected chi connectivity index (χ1v) is 10.5. The number of nitrogens with one attached hydrogen (secondary N) is 1. The number of hydrogen-bond donors (Lipinski definition) is 1. The third-order valence-electron chi connectivity index (χ3n) is 5.07. The molecule has 0 aliphatic carbocycles. The van der Waals surface area contributed by atoms with Crippen LogP contribution in [0.5, 0.6) is 0 Å². The maximum atomic E-state index is 12.8. The summed E-state index contributed by atoms with van der Waals surface area (Å²) in [5, 5.41) is 3.30. The standard InChI is InChI=1S/C23H19BrClN3O2/c1-14-11-17(15(2)28(14)20-9-5-18(24)6-10-20)12-21-22(29)27(23(30)26-21)13-16-3-7-19(25)8-4-16/h3-12H,13H2,1-2H3,(H,26,30)/b21-12-. The van der Waals surface area contributed by atoms with Gasteiger partial charge in [-0.3, -0.25) is 9.69 Å². The molecule has 1 aliphatic rings. The zero-order valence-electron chi connectivity index (χ0n) is 16.4. The van der Waals surface area contributed by atoms with Crippen LogP contribution in [0.1, 0.15) is 22.5 Å². The van der Waals surface area contributed by atoms with E-state index in [2.05, 4.69) is 25.8 Å². The van der Waals surface area contributed by atoms with Crippen LogP contribution in [0.4, 0.5) is 4.79 Å². The van der Waals surface area contributed by atoms with Crippen LogP contribution in [0.25, 0.3) is 11.8 Å². The molecular weight excluding hydrogens is 466 g/mol. The Bertz CT molecular complexity index is 1160. The van der Waals surface area contributed by atoms with Crippen molar-refractivity contribution < 1.29 is 9.59 Å². The average molecular weight is 485 g/mol. The lowest BCUT2D eigenvalue weighted by Crippen LogP contribution is -2.30. The second-order valence-electron chi connectivity index (χ2n) is 7.14. The number of nitrogens with zero attached hydrogens (tertiary/aromatic N) is 2. The summed E-state index contributed by atoms with van der Waals surface area (Å²) in [6.07, 6.45) is 1.74. The van der Waals surface area contributed by atoms with E-state index in [1.165, 1.54) is 4.90 Å². The lowest BCUT2D eigenvalue weighted by atomic mass is 10.2. The molecule has 1 fully saturated rings.